The van der Waals surface area contributed by atoms with Gasteiger partial charge in [0.1, 0.15) is 6.10 Å². The summed E-state index contributed by atoms with van der Waals surface area (Å²) in [5, 5.41) is 4.30. The number of nitrogens with zero attached hydrogens (tertiary/aromatic N) is 2. The van der Waals surface area contributed by atoms with E-state index in [1.165, 1.54) is 0 Å². The Morgan fingerprint density at radius 3 is 2.53 bits per heavy atom. The van der Waals surface area contributed by atoms with Gasteiger partial charge in [0.2, 0.25) is 0 Å². The summed E-state index contributed by atoms with van der Waals surface area (Å²) in [7, 11) is 0. The van der Waals surface area contributed by atoms with E-state index in [0.717, 1.165) is 80.7 Å². The molecule has 3 fully saturated rings. The molecule has 2 heterocycles. The Labute approximate surface area is 201 Å². The number of benzene rings is 2. The van der Waals surface area contributed by atoms with Gasteiger partial charge in [0.15, 0.2) is 5.76 Å². The van der Waals surface area contributed by atoms with Crippen molar-refractivity contribution in [3.05, 3.63) is 78.0 Å². The lowest BCUT2D eigenvalue weighted by Gasteiger charge is -2.50. The van der Waals surface area contributed by atoms with Gasteiger partial charge in [-0.05, 0) is 43.7 Å². The Morgan fingerprint density at radius 2 is 1.79 bits per heavy atom. The Morgan fingerprint density at radius 1 is 1.06 bits per heavy atom. The minimum atomic E-state index is -0.434. The van der Waals surface area contributed by atoms with Crippen molar-refractivity contribution in [3.63, 3.8) is 0 Å². The van der Waals surface area contributed by atoms with E-state index in [1.54, 1.807) is 0 Å². The van der Waals surface area contributed by atoms with Crippen LogP contribution in [0.25, 0.3) is 11.3 Å². The molecule has 1 aromatic heterocycles. The molecule has 176 valence electrons. The van der Waals surface area contributed by atoms with Crippen LogP contribution in [0.3, 0.4) is 0 Å². The minimum absolute atomic E-state index is 0.0121. The predicted octanol–water partition coefficient (Wildman–Crippen LogP) is 5.61. The van der Waals surface area contributed by atoms with Gasteiger partial charge in [-0.15, -0.1) is 0 Å². The van der Waals surface area contributed by atoms with E-state index in [0.29, 0.717) is 11.8 Å². The van der Waals surface area contributed by atoms with Crippen molar-refractivity contribution in [3.8, 4) is 11.3 Å². The smallest absolute Gasteiger partial charge is 0.316 e. The maximum Gasteiger partial charge on any atom is 0.316 e. The first-order valence-corrected chi connectivity index (χ1v) is 12.7. The minimum Gasteiger partial charge on any atom is -0.461 e. The van der Waals surface area contributed by atoms with Gasteiger partial charge in [0, 0.05) is 30.6 Å². The van der Waals surface area contributed by atoms with Crippen molar-refractivity contribution < 1.29 is 14.1 Å². The Hall–Kier alpha value is -2.92. The highest BCUT2D eigenvalue weighted by Gasteiger charge is 2.50. The summed E-state index contributed by atoms with van der Waals surface area (Å²) >= 11 is 0. The third kappa shape index (κ3) is 3.96. The number of likely N-dealkylation sites (tertiary alicyclic amines) is 1. The highest BCUT2D eigenvalue weighted by molar-refractivity contribution is 5.84. The zero-order valence-corrected chi connectivity index (χ0v) is 19.6. The molecule has 5 heteroatoms. The second-order valence-corrected chi connectivity index (χ2v) is 10.3. The molecule has 2 aromatic carbocycles. The molecular weight excluding hydrogens is 424 g/mol. The van der Waals surface area contributed by atoms with E-state index < -0.39 is 5.41 Å². The molecule has 3 aliphatic rings. The van der Waals surface area contributed by atoms with Crippen LogP contribution in [0.4, 0.5) is 0 Å². The zero-order valence-electron chi connectivity index (χ0n) is 19.6. The van der Waals surface area contributed by atoms with Crippen LogP contribution in [0.15, 0.2) is 71.3 Å². The normalized spacial score (nSPS) is 25.9. The van der Waals surface area contributed by atoms with Crippen molar-refractivity contribution in [1.29, 1.82) is 0 Å². The van der Waals surface area contributed by atoms with Gasteiger partial charge in [-0.25, -0.2) is 0 Å². The fraction of sp³-hybridized carbons (Fsp3) is 0.448. The molecule has 6 rings (SSSR count). The molecule has 0 spiro atoms. The van der Waals surface area contributed by atoms with Gasteiger partial charge in [0.05, 0.1) is 11.1 Å². The van der Waals surface area contributed by atoms with Gasteiger partial charge < -0.3 is 9.26 Å². The lowest BCUT2D eigenvalue weighted by molar-refractivity contribution is -0.175. The first-order chi connectivity index (χ1) is 16.7. The summed E-state index contributed by atoms with van der Waals surface area (Å²) in [4.78, 5) is 15.9. The van der Waals surface area contributed by atoms with Crippen molar-refractivity contribution in [1.82, 2.24) is 10.1 Å². The number of rotatable bonds is 6. The molecule has 1 saturated heterocycles. The van der Waals surface area contributed by atoms with E-state index in [4.69, 9.17) is 9.26 Å². The monoisotopic (exact) mass is 456 g/mol. The van der Waals surface area contributed by atoms with Gasteiger partial charge in [0.25, 0.3) is 0 Å². The summed E-state index contributed by atoms with van der Waals surface area (Å²) in [5.41, 5.74) is 2.73. The van der Waals surface area contributed by atoms with Crippen LogP contribution in [0.1, 0.15) is 49.8 Å². The van der Waals surface area contributed by atoms with Crippen LogP contribution in [0.2, 0.25) is 0 Å². The molecule has 1 aliphatic heterocycles. The number of esters is 1. The number of hydrogen-bond donors (Lipinski definition) is 0. The van der Waals surface area contributed by atoms with Crippen LogP contribution < -0.4 is 0 Å². The number of ether oxygens (including phenoxy) is 1. The molecule has 0 amide bonds. The number of piperidine rings is 1. The molecular formula is C29H32N2O3. The van der Waals surface area contributed by atoms with Crippen LogP contribution in [-0.2, 0) is 21.5 Å². The second kappa shape index (κ2) is 9.03. The summed E-state index contributed by atoms with van der Waals surface area (Å²) < 4.78 is 11.8. The lowest BCUT2D eigenvalue weighted by Crippen LogP contribution is -2.55. The molecule has 2 aliphatic carbocycles. The van der Waals surface area contributed by atoms with Crippen molar-refractivity contribution >= 4 is 5.97 Å². The first kappa shape index (κ1) is 21.6. The average Bonchev–Trinajstić information content (AvgIpc) is 3.55. The second-order valence-electron chi connectivity index (χ2n) is 10.3. The average molecular weight is 457 g/mol. The summed E-state index contributed by atoms with van der Waals surface area (Å²) in [5.74, 6) is 1.92. The maximum atomic E-state index is 13.4. The molecule has 0 radical (unpaired) electrons. The fourth-order valence-electron chi connectivity index (χ4n) is 6.37. The number of carbonyl (C=O) groups excluding carboxylic acids is 1. The standard InChI is InChI=1S/C29H32N2O3/c32-28(29(14-7-8-15-29)23-11-5-2-6-12-23)33-27-17-22-19-31(16-13-25(22)27)20-24-18-26(34-30-24)21-9-3-1-4-10-21/h1-6,9-12,18,22,25,27H,7-8,13-17,19-20H2/t22?,25?,27-/m0/s1. The first-order valence-electron chi connectivity index (χ1n) is 12.7. The number of hydrogen-bond acceptors (Lipinski definition) is 5. The van der Waals surface area contributed by atoms with Gasteiger partial charge in [-0.1, -0.05) is 78.7 Å². The van der Waals surface area contributed by atoms with E-state index in [2.05, 4.69) is 28.3 Å². The molecule has 0 N–H and O–H groups in total. The van der Waals surface area contributed by atoms with Gasteiger partial charge in [-0.3, -0.25) is 9.69 Å². The van der Waals surface area contributed by atoms with E-state index in [-0.39, 0.29) is 12.1 Å². The lowest BCUT2D eigenvalue weighted by atomic mass is 9.66. The van der Waals surface area contributed by atoms with Gasteiger partial charge in [-0.2, -0.15) is 0 Å². The maximum absolute atomic E-state index is 13.4. The zero-order chi connectivity index (χ0) is 23.0. The van der Waals surface area contributed by atoms with Crippen LogP contribution in [-0.4, -0.2) is 35.2 Å². The summed E-state index contributed by atoms with van der Waals surface area (Å²) in [6, 6.07) is 22.4. The third-order valence-corrected chi connectivity index (χ3v) is 8.32. The summed E-state index contributed by atoms with van der Waals surface area (Å²) in [6.45, 7) is 2.85. The highest BCUT2D eigenvalue weighted by atomic mass is 16.5. The molecule has 3 aromatic rings. The molecule has 3 atom stereocenters. The number of fused-ring (bicyclic) bond motifs is 1. The van der Waals surface area contributed by atoms with Crippen LogP contribution in [0, 0.1) is 11.8 Å². The summed E-state index contributed by atoms with van der Waals surface area (Å²) in [6.07, 6.45) is 6.15. The quantitative estimate of drug-likeness (QED) is 0.452. The molecule has 2 unspecified atom stereocenters. The molecule has 34 heavy (non-hydrogen) atoms. The third-order valence-electron chi connectivity index (χ3n) is 8.32. The largest absolute Gasteiger partial charge is 0.461 e. The topological polar surface area (TPSA) is 55.6 Å². The van der Waals surface area contributed by atoms with Gasteiger partial charge >= 0.3 is 5.97 Å². The fourth-order valence-corrected chi connectivity index (χ4v) is 6.37. The highest BCUT2D eigenvalue weighted by Crippen LogP contribution is 2.47. The van der Waals surface area contributed by atoms with Crippen LogP contribution in [0.5, 0.6) is 0 Å². The van der Waals surface area contributed by atoms with Crippen molar-refractivity contribution in [2.75, 3.05) is 13.1 Å². The van der Waals surface area contributed by atoms with E-state index in [1.807, 2.05) is 48.5 Å². The predicted molar refractivity (Wildman–Crippen MR) is 130 cm³/mol. The molecule has 5 nitrogen and oxygen atoms in total. The van der Waals surface area contributed by atoms with Crippen molar-refractivity contribution in [2.45, 2.75) is 56.6 Å². The molecule has 0 bridgehead atoms. The Kier molecular flexibility index (Phi) is 5.74. The van der Waals surface area contributed by atoms with Crippen LogP contribution >= 0.6 is 0 Å². The Bertz CT molecular complexity index is 1120. The number of aromatic nitrogens is 1. The molecule has 2 saturated carbocycles. The van der Waals surface area contributed by atoms with E-state index in [9.17, 15) is 4.79 Å². The van der Waals surface area contributed by atoms with Crippen molar-refractivity contribution in [2.24, 2.45) is 11.8 Å². The number of carbonyl (C=O) groups is 1. The SMILES string of the molecule is O=C(O[C@H]1CC2CN(Cc3cc(-c4ccccc4)on3)CCC21)C1(c2ccccc2)CCCC1. The Balaban J connectivity index is 1.05. The van der Waals surface area contributed by atoms with E-state index >= 15 is 0 Å².